The third kappa shape index (κ3) is 1.67. The zero-order chi connectivity index (χ0) is 12.7. The lowest BCUT2D eigenvalue weighted by Crippen LogP contribution is -2.05. The number of hydrogen-bond acceptors (Lipinski definition) is 1. The van der Waals surface area contributed by atoms with Crippen LogP contribution in [-0.4, -0.2) is 4.57 Å². The van der Waals surface area contributed by atoms with Crippen LogP contribution < -0.4 is 5.73 Å². The van der Waals surface area contributed by atoms with Gasteiger partial charge in [-0.2, -0.15) is 0 Å². The largest absolute Gasteiger partial charge is 0.347 e. The van der Waals surface area contributed by atoms with Crippen molar-refractivity contribution in [3.8, 4) is 0 Å². The van der Waals surface area contributed by atoms with Crippen molar-refractivity contribution in [3.63, 3.8) is 0 Å². The average Bonchev–Trinajstić information content (AvgIpc) is 2.58. The van der Waals surface area contributed by atoms with Gasteiger partial charge in [0, 0.05) is 24.7 Å². The summed E-state index contributed by atoms with van der Waals surface area (Å²) in [7, 11) is 2.16. The number of aromatic nitrogens is 1. The Bertz CT molecular complexity index is 562. The quantitative estimate of drug-likeness (QED) is 0.842. The molecule has 2 aromatic rings. The molecule has 0 unspecified atom stereocenters. The van der Waals surface area contributed by atoms with E-state index >= 15 is 0 Å². The number of nitrogens with zero attached hydrogens (tertiary/aromatic N) is 1. The van der Waals surface area contributed by atoms with Gasteiger partial charge in [-0.05, 0) is 36.5 Å². The summed E-state index contributed by atoms with van der Waals surface area (Å²) in [5, 5.41) is 1.36. The molecule has 1 aromatic carbocycles. The van der Waals surface area contributed by atoms with E-state index in [1.807, 2.05) is 0 Å². The average molecular weight is 230 g/mol. The second kappa shape index (κ2) is 4.19. The Balaban J connectivity index is 2.99. The predicted octanol–water partition coefficient (Wildman–Crippen LogP) is 3.38. The molecule has 0 bridgehead atoms. The predicted molar refractivity (Wildman–Crippen MR) is 74.4 cm³/mol. The number of fused-ring (bicyclic) bond motifs is 1. The lowest BCUT2D eigenvalue weighted by Gasteiger charge is -2.10. The first-order chi connectivity index (χ1) is 7.99. The summed E-state index contributed by atoms with van der Waals surface area (Å²) in [6.07, 6.45) is 0. The Labute approximate surface area is 103 Å². The highest BCUT2D eigenvalue weighted by molar-refractivity contribution is 5.91. The first kappa shape index (κ1) is 12.2. The number of aryl methyl sites for hydroxylation is 3. The van der Waals surface area contributed by atoms with Crippen LogP contribution in [0.3, 0.4) is 0 Å². The van der Waals surface area contributed by atoms with Crippen LogP contribution in [0.2, 0.25) is 0 Å². The van der Waals surface area contributed by atoms with E-state index in [0.29, 0.717) is 12.5 Å². The number of hydrogen-bond donors (Lipinski definition) is 1. The van der Waals surface area contributed by atoms with Gasteiger partial charge in [0.2, 0.25) is 0 Å². The van der Waals surface area contributed by atoms with Crippen molar-refractivity contribution in [3.05, 3.63) is 34.5 Å². The molecule has 0 fully saturated rings. The molecular formula is C15H22N2. The van der Waals surface area contributed by atoms with Gasteiger partial charge in [-0.1, -0.05) is 26.0 Å². The zero-order valence-electron chi connectivity index (χ0n) is 11.5. The van der Waals surface area contributed by atoms with E-state index < -0.39 is 0 Å². The Morgan fingerprint density at radius 1 is 1.18 bits per heavy atom. The monoisotopic (exact) mass is 230 g/mol. The minimum Gasteiger partial charge on any atom is -0.347 e. The Morgan fingerprint density at radius 2 is 1.76 bits per heavy atom. The van der Waals surface area contributed by atoms with E-state index in [4.69, 9.17) is 5.73 Å². The van der Waals surface area contributed by atoms with E-state index in [1.54, 1.807) is 0 Å². The van der Waals surface area contributed by atoms with Gasteiger partial charge in [-0.15, -0.1) is 0 Å². The summed E-state index contributed by atoms with van der Waals surface area (Å²) in [6.45, 7) is 9.43. The Kier molecular flexibility index (Phi) is 3.00. The highest BCUT2D eigenvalue weighted by Gasteiger charge is 2.18. The van der Waals surface area contributed by atoms with Gasteiger partial charge >= 0.3 is 0 Å². The lowest BCUT2D eigenvalue weighted by atomic mass is 10.00. The maximum atomic E-state index is 5.97. The van der Waals surface area contributed by atoms with Crippen molar-refractivity contribution in [2.45, 2.75) is 40.2 Å². The second-order valence-electron chi connectivity index (χ2n) is 5.20. The molecule has 92 valence electrons. The first-order valence-corrected chi connectivity index (χ1v) is 6.26. The van der Waals surface area contributed by atoms with Crippen LogP contribution in [0.5, 0.6) is 0 Å². The molecule has 0 atom stereocenters. The fourth-order valence-electron chi connectivity index (χ4n) is 3.00. The number of benzene rings is 1. The Hall–Kier alpha value is -1.28. The van der Waals surface area contributed by atoms with E-state index in [1.165, 1.54) is 33.3 Å². The zero-order valence-corrected chi connectivity index (χ0v) is 11.5. The molecule has 0 saturated heterocycles. The summed E-state index contributed by atoms with van der Waals surface area (Å²) in [5.41, 5.74) is 12.7. The molecule has 0 aliphatic rings. The molecule has 2 heteroatoms. The van der Waals surface area contributed by atoms with E-state index in [2.05, 4.69) is 51.4 Å². The minimum atomic E-state index is 0.504. The summed E-state index contributed by atoms with van der Waals surface area (Å²) >= 11 is 0. The van der Waals surface area contributed by atoms with Crippen molar-refractivity contribution in [2.75, 3.05) is 0 Å². The van der Waals surface area contributed by atoms with E-state index in [0.717, 1.165) is 0 Å². The molecule has 0 amide bonds. The van der Waals surface area contributed by atoms with Gasteiger partial charge in [0.25, 0.3) is 0 Å². The summed E-state index contributed by atoms with van der Waals surface area (Å²) in [5.74, 6) is 0.504. The smallest absolute Gasteiger partial charge is 0.0515 e. The summed E-state index contributed by atoms with van der Waals surface area (Å²) in [4.78, 5) is 0. The normalized spacial score (nSPS) is 11.7. The standard InChI is InChI=1S/C15H22N2/c1-9(2)14-12(8-16)13-10(3)6-7-11(4)15(13)17(14)5/h6-7,9H,8,16H2,1-5H3. The highest BCUT2D eigenvalue weighted by atomic mass is 15.0. The van der Waals surface area contributed by atoms with Crippen molar-refractivity contribution >= 4 is 10.9 Å². The third-order valence-corrected chi connectivity index (χ3v) is 3.65. The minimum absolute atomic E-state index is 0.504. The van der Waals surface area contributed by atoms with Gasteiger partial charge in [0.05, 0.1) is 5.52 Å². The lowest BCUT2D eigenvalue weighted by molar-refractivity contribution is 0.738. The van der Waals surface area contributed by atoms with Crippen LogP contribution >= 0.6 is 0 Å². The maximum Gasteiger partial charge on any atom is 0.0515 e. The van der Waals surface area contributed by atoms with Crippen molar-refractivity contribution in [1.82, 2.24) is 4.57 Å². The molecule has 0 aliphatic heterocycles. The molecule has 2 nitrogen and oxygen atoms in total. The maximum absolute atomic E-state index is 5.97. The number of nitrogens with two attached hydrogens (primary N) is 1. The third-order valence-electron chi connectivity index (χ3n) is 3.65. The van der Waals surface area contributed by atoms with Crippen molar-refractivity contribution in [1.29, 1.82) is 0 Å². The van der Waals surface area contributed by atoms with Gasteiger partial charge in [0.15, 0.2) is 0 Å². The fraction of sp³-hybridized carbons (Fsp3) is 0.467. The fourth-order valence-corrected chi connectivity index (χ4v) is 3.00. The summed E-state index contributed by atoms with van der Waals surface area (Å²) < 4.78 is 2.32. The molecule has 2 N–H and O–H groups in total. The molecule has 2 rings (SSSR count). The van der Waals surface area contributed by atoms with Crippen molar-refractivity contribution in [2.24, 2.45) is 12.8 Å². The topological polar surface area (TPSA) is 30.9 Å². The molecule has 0 radical (unpaired) electrons. The van der Waals surface area contributed by atoms with Crippen LogP contribution in [0.25, 0.3) is 10.9 Å². The molecular weight excluding hydrogens is 208 g/mol. The van der Waals surface area contributed by atoms with Gasteiger partial charge in [0.1, 0.15) is 0 Å². The van der Waals surface area contributed by atoms with Crippen LogP contribution in [0.15, 0.2) is 12.1 Å². The molecule has 17 heavy (non-hydrogen) atoms. The van der Waals surface area contributed by atoms with Crippen LogP contribution in [0, 0.1) is 13.8 Å². The van der Waals surface area contributed by atoms with Gasteiger partial charge < -0.3 is 10.3 Å². The molecule has 0 aliphatic carbocycles. The highest BCUT2D eigenvalue weighted by Crippen LogP contribution is 2.33. The van der Waals surface area contributed by atoms with Crippen LogP contribution in [0.1, 0.15) is 42.1 Å². The first-order valence-electron chi connectivity index (χ1n) is 6.26. The molecule has 1 heterocycles. The molecule has 0 saturated carbocycles. The van der Waals surface area contributed by atoms with Crippen molar-refractivity contribution < 1.29 is 0 Å². The SMILES string of the molecule is Cc1ccc(C)c2c1c(CN)c(C(C)C)n2C. The molecule has 0 spiro atoms. The van der Waals surface area contributed by atoms with Crippen LogP contribution in [-0.2, 0) is 13.6 Å². The number of rotatable bonds is 2. The Morgan fingerprint density at radius 3 is 2.29 bits per heavy atom. The summed E-state index contributed by atoms with van der Waals surface area (Å²) in [6, 6.07) is 4.39. The van der Waals surface area contributed by atoms with Gasteiger partial charge in [-0.25, -0.2) is 0 Å². The van der Waals surface area contributed by atoms with E-state index in [-0.39, 0.29) is 0 Å². The van der Waals surface area contributed by atoms with E-state index in [9.17, 15) is 0 Å². The molecule has 1 aromatic heterocycles. The van der Waals surface area contributed by atoms with Crippen LogP contribution in [0.4, 0.5) is 0 Å². The van der Waals surface area contributed by atoms with Gasteiger partial charge in [-0.3, -0.25) is 0 Å². The second-order valence-corrected chi connectivity index (χ2v) is 5.20.